The van der Waals surface area contributed by atoms with Crippen molar-refractivity contribution < 1.29 is 18.7 Å². The molecule has 1 aromatic heterocycles. The molecule has 0 radical (unpaired) electrons. The maximum Gasteiger partial charge on any atom is 0.419 e. The number of carbonyl (C=O) groups excluding carboxylic acids is 1. The molecule has 3 atom stereocenters. The molecule has 33 heavy (non-hydrogen) atoms. The molecular formula is C24H26N4O5. The second-order valence-corrected chi connectivity index (χ2v) is 8.04. The van der Waals surface area contributed by atoms with Gasteiger partial charge in [0.15, 0.2) is 5.58 Å². The first-order chi connectivity index (χ1) is 16.0. The van der Waals surface area contributed by atoms with E-state index in [1.165, 1.54) is 4.57 Å². The van der Waals surface area contributed by atoms with Crippen molar-refractivity contribution >= 4 is 17.0 Å². The molecule has 0 aliphatic carbocycles. The van der Waals surface area contributed by atoms with E-state index in [0.29, 0.717) is 31.7 Å². The van der Waals surface area contributed by atoms with E-state index >= 15 is 0 Å². The van der Waals surface area contributed by atoms with Crippen LogP contribution in [0.2, 0.25) is 0 Å². The Balaban J connectivity index is 1.40. The quantitative estimate of drug-likeness (QED) is 0.582. The maximum absolute atomic E-state index is 12.6. The zero-order valence-corrected chi connectivity index (χ0v) is 18.5. The number of hydrogen-bond donors (Lipinski definition) is 2. The summed E-state index contributed by atoms with van der Waals surface area (Å²) in [5, 5.41) is 15.5. The molecular weight excluding hydrogens is 424 g/mol. The molecule has 1 unspecified atom stereocenters. The average Bonchev–Trinajstić information content (AvgIpc) is 2.99. The molecule has 9 heteroatoms. The number of benzene rings is 2. The fourth-order valence-electron chi connectivity index (χ4n) is 3.81. The molecule has 1 aliphatic heterocycles. The summed E-state index contributed by atoms with van der Waals surface area (Å²) in [7, 11) is 3.27. The van der Waals surface area contributed by atoms with Crippen molar-refractivity contribution in [2.75, 3.05) is 26.8 Å². The lowest BCUT2D eigenvalue weighted by Gasteiger charge is -2.18. The smallest absolute Gasteiger partial charge is 0.408 e. The second-order valence-electron chi connectivity index (χ2n) is 8.04. The van der Waals surface area contributed by atoms with Crippen molar-refractivity contribution in [1.29, 1.82) is 5.26 Å². The minimum absolute atomic E-state index is 0.104. The molecule has 1 amide bonds. The Morgan fingerprint density at radius 1 is 1.27 bits per heavy atom. The zero-order valence-electron chi connectivity index (χ0n) is 18.5. The van der Waals surface area contributed by atoms with Crippen LogP contribution in [-0.2, 0) is 27.7 Å². The van der Waals surface area contributed by atoms with E-state index in [1.807, 2.05) is 36.4 Å². The normalized spacial score (nSPS) is 19.5. The van der Waals surface area contributed by atoms with Gasteiger partial charge in [-0.3, -0.25) is 9.36 Å². The fraction of sp³-hybridized carbons (Fsp3) is 0.375. The maximum atomic E-state index is 12.6. The third-order valence-corrected chi connectivity index (χ3v) is 5.80. The van der Waals surface area contributed by atoms with Crippen LogP contribution in [0, 0.1) is 11.3 Å². The third-order valence-electron chi connectivity index (χ3n) is 5.80. The highest BCUT2D eigenvalue weighted by Gasteiger charge is 2.26. The monoisotopic (exact) mass is 450 g/mol. The molecule has 0 bridgehead atoms. The molecule has 9 nitrogen and oxygen atoms in total. The van der Waals surface area contributed by atoms with E-state index in [-0.39, 0.29) is 12.0 Å². The topological polar surface area (TPSA) is 119 Å². The summed E-state index contributed by atoms with van der Waals surface area (Å²) < 4.78 is 17.5. The number of oxazole rings is 1. The fourth-order valence-corrected chi connectivity index (χ4v) is 3.81. The molecule has 1 fully saturated rings. The Hall–Kier alpha value is -3.45. The van der Waals surface area contributed by atoms with Crippen LogP contribution in [0.4, 0.5) is 0 Å². The molecule has 172 valence electrons. The zero-order chi connectivity index (χ0) is 23.4. The Morgan fingerprint density at radius 3 is 2.76 bits per heavy atom. The van der Waals surface area contributed by atoms with Gasteiger partial charge >= 0.3 is 5.76 Å². The summed E-state index contributed by atoms with van der Waals surface area (Å²) >= 11 is 0. The standard InChI is InChI=1S/C24H26N4O5/c1-28-20-10-17(7-8-21(20)33-24(28)30)16-5-3-15(4-6-16)9-18(11-25)27-23(29)22-13-26-12-19(31-2)14-32-22/h3-8,10,18-19,22,26H,9,12-14H2,1-2H3,(H,27,29)/t18-,19?,22-/m0/s1. The molecule has 0 spiro atoms. The van der Waals surface area contributed by atoms with E-state index in [2.05, 4.69) is 16.7 Å². The lowest BCUT2D eigenvalue weighted by atomic mass is 10.0. The van der Waals surface area contributed by atoms with Gasteiger partial charge < -0.3 is 24.5 Å². The van der Waals surface area contributed by atoms with Crippen molar-refractivity contribution in [3.05, 3.63) is 58.6 Å². The van der Waals surface area contributed by atoms with Crippen molar-refractivity contribution in [1.82, 2.24) is 15.2 Å². The summed E-state index contributed by atoms with van der Waals surface area (Å²) in [5.74, 6) is -0.716. The van der Waals surface area contributed by atoms with E-state index < -0.39 is 17.9 Å². The molecule has 0 saturated carbocycles. The van der Waals surface area contributed by atoms with Gasteiger partial charge in [-0.15, -0.1) is 0 Å². The first-order valence-corrected chi connectivity index (χ1v) is 10.7. The number of aromatic nitrogens is 1. The van der Waals surface area contributed by atoms with Crippen molar-refractivity contribution in [2.45, 2.75) is 24.7 Å². The minimum atomic E-state index is -0.676. The Labute approximate surface area is 190 Å². The van der Waals surface area contributed by atoms with Crippen molar-refractivity contribution in [2.24, 2.45) is 7.05 Å². The van der Waals surface area contributed by atoms with Gasteiger partial charge in [-0.2, -0.15) is 5.26 Å². The first-order valence-electron chi connectivity index (χ1n) is 10.7. The number of fused-ring (bicyclic) bond motifs is 1. The summed E-state index contributed by atoms with van der Waals surface area (Å²) in [4.78, 5) is 24.3. The molecule has 2 aromatic carbocycles. The van der Waals surface area contributed by atoms with Gasteiger partial charge in [-0.05, 0) is 28.8 Å². The SMILES string of the molecule is COC1CNC[C@@H](C(=O)N[C@H](C#N)Cc2ccc(-c3ccc4oc(=O)n(C)c4c3)cc2)OC1. The first kappa shape index (κ1) is 22.7. The highest BCUT2D eigenvalue weighted by atomic mass is 16.5. The molecule has 3 aromatic rings. The number of ether oxygens (including phenoxy) is 2. The predicted octanol–water partition coefficient (Wildman–Crippen LogP) is 1.35. The number of carbonyl (C=O) groups is 1. The number of nitriles is 1. The number of methoxy groups -OCH3 is 1. The number of rotatable bonds is 6. The van der Waals surface area contributed by atoms with Crippen LogP contribution in [-0.4, -0.2) is 55.5 Å². The summed E-state index contributed by atoms with van der Waals surface area (Å²) in [6.45, 7) is 1.29. The number of nitrogens with zero attached hydrogens (tertiary/aromatic N) is 2. The summed E-state index contributed by atoms with van der Waals surface area (Å²) in [5.41, 5.74) is 4.10. The molecule has 2 heterocycles. The number of aryl methyl sites for hydroxylation is 1. The lowest BCUT2D eigenvalue weighted by Crippen LogP contribution is -2.46. The van der Waals surface area contributed by atoms with E-state index in [9.17, 15) is 14.9 Å². The van der Waals surface area contributed by atoms with Crippen molar-refractivity contribution in [3.63, 3.8) is 0 Å². The Kier molecular flexibility index (Phi) is 6.89. The van der Waals surface area contributed by atoms with Gasteiger partial charge in [0, 0.05) is 33.7 Å². The van der Waals surface area contributed by atoms with Crippen molar-refractivity contribution in [3.8, 4) is 17.2 Å². The van der Waals surface area contributed by atoms with Crippen LogP contribution >= 0.6 is 0 Å². The van der Waals surface area contributed by atoms with Crippen LogP contribution in [0.25, 0.3) is 22.2 Å². The Bertz CT molecular complexity index is 1220. The summed E-state index contributed by atoms with van der Waals surface area (Å²) in [6, 6.07) is 14.8. The van der Waals surface area contributed by atoms with Gasteiger partial charge in [-0.25, -0.2) is 4.79 Å². The second kappa shape index (κ2) is 10.0. The lowest BCUT2D eigenvalue weighted by molar-refractivity contribution is -0.133. The van der Waals surface area contributed by atoms with Gasteiger partial charge in [0.1, 0.15) is 12.1 Å². The van der Waals surface area contributed by atoms with Gasteiger partial charge in [0.2, 0.25) is 0 Å². The predicted molar refractivity (Wildman–Crippen MR) is 122 cm³/mol. The molecule has 1 saturated heterocycles. The van der Waals surface area contributed by atoms with Crippen LogP contribution in [0.15, 0.2) is 51.7 Å². The molecule has 1 aliphatic rings. The minimum Gasteiger partial charge on any atom is -0.408 e. The largest absolute Gasteiger partial charge is 0.419 e. The highest BCUT2D eigenvalue weighted by molar-refractivity contribution is 5.82. The van der Waals surface area contributed by atoms with Gasteiger partial charge in [0.05, 0.1) is 24.3 Å². The van der Waals surface area contributed by atoms with E-state index in [4.69, 9.17) is 13.9 Å². The van der Waals surface area contributed by atoms with Crippen LogP contribution in [0.1, 0.15) is 5.56 Å². The number of amides is 1. The van der Waals surface area contributed by atoms with Crippen LogP contribution in [0.5, 0.6) is 0 Å². The molecule has 4 rings (SSSR count). The average molecular weight is 450 g/mol. The van der Waals surface area contributed by atoms with E-state index in [1.54, 1.807) is 20.2 Å². The number of nitrogens with one attached hydrogen (secondary N) is 2. The third kappa shape index (κ3) is 5.14. The number of hydrogen-bond acceptors (Lipinski definition) is 7. The molecule has 2 N–H and O–H groups in total. The highest BCUT2D eigenvalue weighted by Crippen LogP contribution is 2.24. The summed E-state index contributed by atoms with van der Waals surface area (Å²) in [6.07, 6.45) is -0.400. The van der Waals surface area contributed by atoms with Crippen LogP contribution in [0.3, 0.4) is 0 Å². The van der Waals surface area contributed by atoms with Gasteiger partial charge in [-0.1, -0.05) is 30.3 Å². The van der Waals surface area contributed by atoms with Crippen LogP contribution < -0.4 is 16.4 Å². The van der Waals surface area contributed by atoms with Gasteiger partial charge in [0.25, 0.3) is 5.91 Å². The Morgan fingerprint density at radius 2 is 2.03 bits per heavy atom. The van der Waals surface area contributed by atoms with E-state index in [0.717, 1.165) is 22.2 Å².